The predicted molar refractivity (Wildman–Crippen MR) is 64.2 cm³/mol. The molecule has 0 bridgehead atoms. The maximum Gasteiger partial charge on any atom is 0.0931 e. The minimum absolute atomic E-state index is 0.561. The molecule has 4 heteroatoms. The number of thiophene rings is 1. The smallest absolute Gasteiger partial charge is 0.0931 e. The van der Waals surface area contributed by atoms with Crippen molar-refractivity contribution in [3.8, 4) is 0 Å². The molecular formula is C10H17ClN2S. The molecule has 0 radical (unpaired) electrons. The Morgan fingerprint density at radius 2 is 2.21 bits per heavy atom. The second-order valence-corrected chi connectivity index (χ2v) is 5.45. The third-order valence-corrected chi connectivity index (χ3v) is 3.48. The Kier molecular flexibility index (Phi) is 4.89. The van der Waals surface area contributed by atoms with Crippen LogP contribution in [0.1, 0.15) is 11.8 Å². The van der Waals surface area contributed by atoms with Crippen LogP contribution in [0.15, 0.2) is 12.1 Å². The highest BCUT2D eigenvalue weighted by Gasteiger charge is 2.03. The second-order valence-electron chi connectivity index (χ2n) is 3.65. The van der Waals surface area contributed by atoms with Gasteiger partial charge in [0, 0.05) is 24.0 Å². The number of nitrogens with one attached hydrogen (secondary N) is 1. The molecule has 80 valence electrons. The van der Waals surface area contributed by atoms with Gasteiger partial charge in [-0.2, -0.15) is 0 Å². The van der Waals surface area contributed by atoms with Crippen LogP contribution in [0.2, 0.25) is 4.34 Å². The molecule has 0 aromatic carbocycles. The normalized spacial score (nSPS) is 13.5. The summed E-state index contributed by atoms with van der Waals surface area (Å²) >= 11 is 7.47. The highest BCUT2D eigenvalue weighted by atomic mass is 35.5. The van der Waals surface area contributed by atoms with E-state index in [1.165, 1.54) is 4.88 Å². The summed E-state index contributed by atoms with van der Waals surface area (Å²) < 4.78 is 0.863. The molecule has 0 amide bonds. The van der Waals surface area contributed by atoms with E-state index in [0.29, 0.717) is 6.04 Å². The first-order valence-electron chi connectivity index (χ1n) is 4.71. The lowest BCUT2D eigenvalue weighted by Crippen LogP contribution is -2.34. The highest BCUT2D eigenvalue weighted by molar-refractivity contribution is 7.16. The van der Waals surface area contributed by atoms with Gasteiger partial charge >= 0.3 is 0 Å². The van der Waals surface area contributed by atoms with Gasteiger partial charge in [0.1, 0.15) is 0 Å². The monoisotopic (exact) mass is 232 g/mol. The number of halogens is 1. The molecule has 1 aromatic rings. The van der Waals surface area contributed by atoms with Crippen molar-refractivity contribution >= 4 is 22.9 Å². The van der Waals surface area contributed by atoms with Crippen molar-refractivity contribution in [1.29, 1.82) is 0 Å². The first-order chi connectivity index (χ1) is 6.59. The fourth-order valence-corrected chi connectivity index (χ4v) is 2.09. The zero-order valence-electron chi connectivity index (χ0n) is 8.88. The predicted octanol–water partition coefficient (Wildman–Crippen LogP) is 2.44. The Labute approximate surface area is 94.9 Å². The van der Waals surface area contributed by atoms with E-state index >= 15 is 0 Å². The number of hydrogen-bond donors (Lipinski definition) is 1. The third kappa shape index (κ3) is 3.96. The Bertz CT molecular complexity index is 273. The van der Waals surface area contributed by atoms with Crippen molar-refractivity contribution in [3.05, 3.63) is 21.3 Å². The summed E-state index contributed by atoms with van der Waals surface area (Å²) in [5.41, 5.74) is 0. The van der Waals surface area contributed by atoms with E-state index in [4.69, 9.17) is 11.6 Å². The third-order valence-electron chi connectivity index (χ3n) is 2.25. The van der Waals surface area contributed by atoms with Crippen molar-refractivity contribution in [1.82, 2.24) is 10.2 Å². The SMILES string of the molecule is CC(CNCc1ccc(Cl)s1)N(C)C. The lowest BCUT2D eigenvalue weighted by molar-refractivity contribution is 0.303. The maximum atomic E-state index is 5.83. The van der Waals surface area contributed by atoms with Crippen LogP contribution in [0.25, 0.3) is 0 Å². The second kappa shape index (κ2) is 5.71. The molecule has 1 heterocycles. The standard InChI is InChI=1S/C10H17ClN2S/c1-8(13(2)3)6-12-7-9-4-5-10(11)14-9/h4-5,8,12H,6-7H2,1-3H3. The summed E-state index contributed by atoms with van der Waals surface area (Å²) in [7, 11) is 4.18. The quantitative estimate of drug-likeness (QED) is 0.839. The summed E-state index contributed by atoms with van der Waals surface area (Å²) in [6, 6.07) is 4.57. The van der Waals surface area contributed by atoms with E-state index in [9.17, 15) is 0 Å². The van der Waals surface area contributed by atoms with E-state index in [1.807, 2.05) is 6.07 Å². The molecule has 0 saturated heterocycles. The van der Waals surface area contributed by atoms with Crippen LogP contribution in [-0.4, -0.2) is 31.6 Å². The van der Waals surface area contributed by atoms with Crippen LogP contribution in [0, 0.1) is 0 Å². The minimum atomic E-state index is 0.561. The Hall–Kier alpha value is -0.0900. The number of hydrogen-bond acceptors (Lipinski definition) is 3. The van der Waals surface area contributed by atoms with Gasteiger partial charge in [0.05, 0.1) is 4.34 Å². The van der Waals surface area contributed by atoms with Gasteiger partial charge in [0.15, 0.2) is 0 Å². The lowest BCUT2D eigenvalue weighted by atomic mass is 10.3. The Morgan fingerprint density at radius 3 is 2.71 bits per heavy atom. The van der Waals surface area contributed by atoms with E-state index in [-0.39, 0.29) is 0 Å². The Balaban J connectivity index is 2.22. The summed E-state index contributed by atoms with van der Waals surface area (Å²) in [5, 5.41) is 3.41. The van der Waals surface area contributed by atoms with E-state index in [2.05, 4.69) is 37.3 Å². The minimum Gasteiger partial charge on any atom is -0.310 e. The first-order valence-corrected chi connectivity index (χ1v) is 5.90. The average molecular weight is 233 g/mol. The number of nitrogens with zero attached hydrogens (tertiary/aromatic N) is 1. The molecule has 1 aromatic heterocycles. The fraction of sp³-hybridized carbons (Fsp3) is 0.600. The molecule has 0 aliphatic carbocycles. The summed E-state index contributed by atoms with van der Waals surface area (Å²) in [5.74, 6) is 0. The first kappa shape index (κ1) is 12.0. The summed E-state index contributed by atoms with van der Waals surface area (Å²) in [6.07, 6.45) is 0. The van der Waals surface area contributed by atoms with Crippen molar-refractivity contribution in [2.24, 2.45) is 0 Å². The van der Waals surface area contributed by atoms with Crippen LogP contribution in [0.3, 0.4) is 0 Å². The van der Waals surface area contributed by atoms with Gasteiger partial charge in [0.2, 0.25) is 0 Å². The van der Waals surface area contributed by atoms with Gasteiger partial charge in [-0.05, 0) is 33.2 Å². The molecule has 14 heavy (non-hydrogen) atoms. The van der Waals surface area contributed by atoms with E-state index < -0.39 is 0 Å². The molecule has 1 atom stereocenters. The summed E-state index contributed by atoms with van der Waals surface area (Å²) in [6.45, 7) is 4.12. The van der Waals surface area contributed by atoms with Gasteiger partial charge in [-0.1, -0.05) is 11.6 Å². The number of rotatable bonds is 5. The molecule has 2 nitrogen and oxygen atoms in total. The molecular weight excluding hydrogens is 216 g/mol. The molecule has 1 unspecified atom stereocenters. The van der Waals surface area contributed by atoms with Crippen molar-refractivity contribution < 1.29 is 0 Å². The van der Waals surface area contributed by atoms with Gasteiger partial charge in [-0.25, -0.2) is 0 Å². The maximum absolute atomic E-state index is 5.83. The largest absolute Gasteiger partial charge is 0.310 e. The molecule has 0 saturated carbocycles. The van der Waals surface area contributed by atoms with Crippen LogP contribution >= 0.6 is 22.9 Å². The van der Waals surface area contributed by atoms with Crippen LogP contribution in [0.4, 0.5) is 0 Å². The summed E-state index contributed by atoms with van der Waals surface area (Å²) in [4.78, 5) is 3.50. The fourth-order valence-electron chi connectivity index (χ4n) is 1.03. The van der Waals surface area contributed by atoms with Gasteiger partial charge in [-0.3, -0.25) is 0 Å². The van der Waals surface area contributed by atoms with Gasteiger partial charge in [0.25, 0.3) is 0 Å². The van der Waals surface area contributed by atoms with E-state index in [1.54, 1.807) is 11.3 Å². The van der Waals surface area contributed by atoms with Crippen LogP contribution < -0.4 is 5.32 Å². The van der Waals surface area contributed by atoms with Crippen LogP contribution in [-0.2, 0) is 6.54 Å². The van der Waals surface area contributed by atoms with Crippen molar-refractivity contribution in [2.45, 2.75) is 19.5 Å². The molecule has 0 spiro atoms. The zero-order chi connectivity index (χ0) is 10.6. The van der Waals surface area contributed by atoms with Gasteiger partial charge in [-0.15, -0.1) is 11.3 Å². The average Bonchev–Trinajstić information content (AvgIpc) is 2.51. The van der Waals surface area contributed by atoms with Crippen molar-refractivity contribution in [3.63, 3.8) is 0 Å². The topological polar surface area (TPSA) is 15.3 Å². The molecule has 1 N–H and O–H groups in total. The van der Waals surface area contributed by atoms with Gasteiger partial charge < -0.3 is 10.2 Å². The highest BCUT2D eigenvalue weighted by Crippen LogP contribution is 2.20. The molecule has 0 aliphatic rings. The van der Waals surface area contributed by atoms with Crippen LogP contribution in [0.5, 0.6) is 0 Å². The zero-order valence-corrected chi connectivity index (χ0v) is 10.5. The molecule has 0 aliphatic heterocycles. The molecule has 1 rings (SSSR count). The molecule has 0 fully saturated rings. The van der Waals surface area contributed by atoms with Crippen molar-refractivity contribution in [2.75, 3.05) is 20.6 Å². The van der Waals surface area contributed by atoms with E-state index in [0.717, 1.165) is 17.4 Å². The lowest BCUT2D eigenvalue weighted by Gasteiger charge is -2.19. The number of likely N-dealkylation sites (N-methyl/N-ethyl adjacent to an activating group) is 1. The Morgan fingerprint density at radius 1 is 1.50 bits per heavy atom.